The maximum absolute atomic E-state index is 13.1. The second kappa shape index (κ2) is 11.4. The van der Waals surface area contributed by atoms with Crippen LogP contribution in [0.5, 0.6) is 11.5 Å². The molecule has 0 saturated carbocycles. The lowest BCUT2D eigenvalue weighted by Gasteiger charge is -2.18. The maximum atomic E-state index is 13.1. The molecule has 1 atom stereocenters. The van der Waals surface area contributed by atoms with E-state index in [0.29, 0.717) is 23.6 Å². The third-order valence-electron chi connectivity index (χ3n) is 4.55. The number of methoxy groups -OCH3 is 1. The lowest BCUT2D eigenvalue weighted by Crippen LogP contribution is -2.25. The predicted molar refractivity (Wildman–Crippen MR) is 124 cm³/mol. The molecule has 1 unspecified atom stereocenters. The number of amides is 1. The van der Waals surface area contributed by atoms with Gasteiger partial charge in [0.05, 0.1) is 19.4 Å². The smallest absolute Gasteiger partial charge is 0.331 e. The summed E-state index contributed by atoms with van der Waals surface area (Å²) in [7, 11) is 1.59. The van der Waals surface area contributed by atoms with Crippen LogP contribution in [0.3, 0.4) is 0 Å². The van der Waals surface area contributed by atoms with Crippen molar-refractivity contribution in [2.24, 2.45) is 0 Å². The molecule has 3 aromatic carbocycles. The van der Waals surface area contributed by atoms with Gasteiger partial charge in [-0.05, 0) is 42.8 Å². The van der Waals surface area contributed by atoms with Gasteiger partial charge in [0.25, 0.3) is 5.91 Å². The molecule has 32 heavy (non-hydrogen) atoms. The zero-order chi connectivity index (χ0) is 22.8. The van der Waals surface area contributed by atoms with E-state index in [0.717, 1.165) is 11.3 Å². The maximum Gasteiger partial charge on any atom is 0.331 e. The van der Waals surface area contributed by atoms with Crippen LogP contribution in [0.25, 0.3) is 6.08 Å². The fourth-order valence-electron chi connectivity index (χ4n) is 2.99. The summed E-state index contributed by atoms with van der Waals surface area (Å²) >= 11 is 0. The van der Waals surface area contributed by atoms with E-state index in [1.54, 1.807) is 67.8 Å². The summed E-state index contributed by atoms with van der Waals surface area (Å²) in [5.74, 6) is 0.149. The highest BCUT2D eigenvalue weighted by Crippen LogP contribution is 2.27. The Balaban J connectivity index is 1.76. The zero-order valence-electron chi connectivity index (χ0n) is 18.0. The van der Waals surface area contributed by atoms with Crippen molar-refractivity contribution >= 4 is 23.6 Å². The standard InChI is InChI=1S/C26H25NO5/c1-3-31-23-12-8-7-11-22(23)27-26(29)25(20-9-5-4-6-10-20)32-24(28)18-15-19-13-16-21(30-2)17-14-19/h4-18,25H,3H2,1-2H3,(H,27,29). The third-order valence-corrected chi connectivity index (χ3v) is 4.55. The first-order valence-electron chi connectivity index (χ1n) is 10.2. The number of nitrogens with one attached hydrogen (secondary N) is 1. The number of para-hydroxylation sites is 2. The summed E-state index contributed by atoms with van der Waals surface area (Å²) in [6.45, 7) is 2.32. The molecule has 1 N–H and O–H groups in total. The van der Waals surface area contributed by atoms with Crippen LogP contribution >= 0.6 is 0 Å². The molecule has 0 bridgehead atoms. The summed E-state index contributed by atoms with van der Waals surface area (Å²) in [5.41, 5.74) is 1.87. The number of hydrogen-bond acceptors (Lipinski definition) is 5. The number of esters is 1. The Morgan fingerprint density at radius 2 is 1.62 bits per heavy atom. The number of carbonyl (C=O) groups excluding carboxylic acids is 2. The molecule has 0 aliphatic carbocycles. The van der Waals surface area contributed by atoms with E-state index in [-0.39, 0.29) is 0 Å². The summed E-state index contributed by atoms with van der Waals surface area (Å²) in [4.78, 5) is 25.6. The van der Waals surface area contributed by atoms with Crippen LogP contribution in [0.4, 0.5) is 5.69 Å². The Hall–Kier alpha value is -4.06. The van der Waals surface area contributed by atoms with Gasteiger partial charge < -0.3 is 19.5 Å². The van der Waals surface area contributed by atoms with Crippen LogP contribution in [-0.2, 0) is 14.3 Å². The van der Waals surface area contributed by atoms with Gasteiger partial charge in [0.15, 0.2) is 0 Å². The molecule has 0 heterocycles. The molecular formula is C26H25NO5. The van der Waals surface area contributed by atoms with Crippen LogP contribution in [0.15, 0.2) is 84.9 Å². The molecular weight excluding hydrogens is 406 g/mol. The first kappa shape index (κ1) is 22.6. The van der Waals surface area contributed by atoms with Gasteiger partial charge >= 0.3 is 5.97 Å². The van der Waals surface area contributed by atoms with Crippen molar-refractivity contribution in [3.63, 3.8) is 0 Å². The van der Waals surface area contributed by atoms with Gasteiger partial charge in [-0.2, -0.15) is 0 Å². The number of hydrogen-bond donors (Lipinski definition) is 1. The fraction of sp³-hybridized carbons (Fsp3) is 0.154. The van der Waals surface area contributed by atoms with E-state index < -0.39 is 18.0 Å². The summed E-state index contributed by atoms with van der Waals surface area (Å²) in [6, 6.07) is 23.2. The zero-order valence-corrected chi connectivity index (χ0v) is 18.0. The average molecular weight is 431 g/mol. The monoisotopic (exact) mass is 431 g/mol. The highest BCUT2D eigenvalue weighted by atomic mass is 16.5. The first-order valence-corrected chi connectivity index (χ1v) is 10.2. The second-order valence-electron chi connectivity index (χ2n) is 6.75. The largest absolute Gasteiger partial charge is 0.497 e. The Labute approximate surface area is 187 Å². The van der Waals surface area contributed by atoms with Crippen LogP contribution in [0.1, 0.15) is 24.2 Å². The molecule has 0 spiro atoms. The molecule has 0 aliphatic rings. The molecule has 6 heteroatoms. The average Bonchev–Trinajstić information content (AvgIpc) is 2.83. The first-order chi connectivity index (χ1) is 15.6. The number of ether oxygens (including phenoxy) is 3. The van der Waals surface area contributed by atoms with Gasteiger partial charge in [-0.1, -0.05) is 54.6 Å². The molecule has 164 valence electrons. The Morgan fingerprint density at radius 3 is 2.31 bits per heavy atom. The van der Waals surface area contributed by atoms with Crippen molar-refractivity contribution in [3.05, 3.63) is 96.1 Å². The summed E-state index contributed by atoms with van der Waals surface area (Å²) in [5, 5.41) is 2.81. The molecule has 0 aliphatic heterocycles. The fourth-order valence-corrected chi connectivity index (χ4v) is 2.99. The van der Waals surface area contributed by atoms with Crippen LogP contribution in [-0.4, -0.2) is 25.6 Å². The van der Waals surface area contributed by atoms with Crippen molar-refractivity contribution in [2.75, 3.05) is 19.0 Å². The summed E-state index contributed by atoms with van der Waals surface area (Å²) < 4.78 is 16.2. The highest BCUT2D eigenvalue weighted by Gasteiger charge is 2.25. The van der Waals surface area contributed by atoms with Crippen LogP contribution in [0.2, 0.25) is 0 Å². The number of benzene rings is 3. The third kappa shape index (κ3) is 6.22. The molecule has 6 nitrogen and oxygen atoms in total. The predicted octanol–water partition coefficient (Wildman–Crippen LogP) is 5.03. The lowest BCUT2D eigenvalue weighted by atomic mass is 10.1. The van der Waals surface area contributed by atoms with Gasteiger partial charge in [-0.3, -0.25) is 4.79 Å². The Bertz CT molecular complexity index is 1060. The number of rotatable bonds is 9. The second-order valence-corrected chi connectivity index (χ2v) is 6.75. The van der Waals surface area contributed by atoms with E-state index in [1.807, 2.05) is 31.2 Å². The van der Waals surface area contributed by atoms with Crippen molar-refractivity contribution in [1.29, 1.82) is 0 Å². The van der Waals surface area contributed by atoms with E-state index in [9.17, 15) is 9.59 Å². The van der Waals surface area contributed by atoms with Gasteiger partial charge in [0, 0.05) is 11.6 Å². The molecule has 3 aromatic rings. The van der Waals surface area contributed by atoms with Gasteiger partial charge in [-0.25, -0.2) is 4.79 Å². The van der Waals surface area contributed by atoms with Crippen molar-refractivity contribution in [2.45, 2.75) is 13.0 Å². The quantitative estimate of drug-likeness (QED) is 0.380. The minimum Gasteiger partial charge on any atom is -0.497 e. The van der Waals surface area contributed by atoms with E-state index in [4.69, 9.17) is 14.2 Å². The highest BCUT2D eigenvalue weighted by molar-refractivity contribution is 5.98. The van der Waals surface area contributed by atoms with Gasteiger partial charge in [-0.15, -0.1) is 0 Å². The van der Waals surface area contributed by atoms with Gasteiger partial charge in [0.2, 0.25) is 6.10 Å². The minimum absolute atomic E-state index is 0.458. The number of carbonyl (C=O) groups is 2. The molecule has 0 aromatic heterocycles. The Kier molecular flexibility index (Phi) is 8.03. The topological polar surface area (TPSA) is 73.9 Å². The molecule has 0 fully saturated rings. The van der Waals surface area contributed by atoms with E-state index >= 15 is 0 Å². The van der Waals surface area contributed by atoms with E-state index in [2.05, 4.69) is 5.32 Å². The lowest BCUT2D eigenvalue weighted by molar-refractivity contribution is -0.149. The summed E-state index contributed by atoms with van der Waals surface area (Å²) in [6.07, 6.45) is 1.78. The normalized spacial score (nSPS) is 11.6. The molecule has 3 rings (SSSR count). The van der Waals surface area contributed by atoms with Crippen LogP contribution < -0.4 is 14.8 Å². The molecule has 0 saturated heterocycles. The van der Waals surface area contributed by atoms with Crippen molar-refractivity contribution < 1.29 is 23.8 Å². The van der Waals surface area contributed by atoms with Crippen molar-refractivity contribution in [3.8, 4) is 11.5 Å². The van der Waals surface area contributed by atoms with E-state index in [1.165, 1.54) is 6.08 Å². The van der Waals surface area contributed by atoms with Gasteiger partial charge in [0.1, 0.15) is 11.5 Å². The van der Waals surface area contributed by atoms with Crippen molar-refractivity contribution in [1.82, 2.24) is 0 Å². The number of anilines is 1. The molecule has 0 radical (unpaired) electrons. The molecule has 1 amide bonds. The minimum atomic E-state index is -1.13. The Morgan fingerprint density at radius 1 is 0.938 bits per heavy atom. The SMILES string of the molecule is CCOc1ccccc1NC(=O)C(OC(=O)C=Cc1ccc(OC)cc1)c1ccccc1. The van der Waals surface area contributed by atoms with Crippen LogP contribution in [0, 0.1) is 0 Å².